The summed E-state index contributed by atoms with van der Waals surface area (Å²) in [6, 6.07) is 4.38. The Bertz CT molecular complexity index is 612. The lowest BCUT2D eigenvalue weighted by Gasteiger charge is -2.08. The van der Waals surface area contributed by atoms with Crippen LogP contribution in [0.1, 0.15) is 5.56 Å². The molecule has 0 aromatic heterocycles. The van der Waals surface area contributed by atoms with E-state index in [2.05, 4.69) is 10.6 Å². The van der Waals surface area contributed by atoms with E-state index in [0.717, 1.165) is 6.07 Å². The molecule has 0 saturated heterocycles. The van der Waals surface area contributed by atoms with Gasteiger partial charge in [0.25, 0.3) is 0 Å². The highest BCUT2D eigenvalue weighted by Gasteiger charge is 2.09. The quantitative estimate of drug-likeness (QED) is 0.608. The van der Waals surface area contributed by atoms with Crippen LogP contribution >= 0.6 is 0 Å². The van der Waals surface area contributed by atoms with Crippen molar-refractivity contribution >= 4 is 23.6 Å². The zero-order valence-electron chi connectivity index (χ0n) is 10.6. The summed E-state index contributed by atoms with van der Waals surface area (Å²) in [5.41, 5.74) is -0.0519. The van der Waals surface area contributed by atoms with Gasteiger partial charge in [-0.2, -0.15) is 5.26 Å². The molecule has 0 spiro atoms. The monoisotopic (exact) mass is 294 g/mol. The van der Waals surface area contributed by atoms with E-state index in [1.165, 1.54) is 12.1 Å². The number of halogens is 1. The Morgan fingerprint density at radius 2 is 1.95 bits per heavy atom. The number of carboxylic acids is 1. The minimum absolute atomic E-state index is 0.103. The van der Waals surface area contributed by atoms with Crippen LogP contribution in [0.2, 0.25) is 0 Å². The van der Waals surface area contributed by atoms with Gasteiger partial charge < -0.3 is 21.1 Å². The van der Waals surface area contributed by atoms with Crippen LogP contribution in [-0.4, -0.2) is 36.1 Å². The molecule has 8 nitrogen and oxygen atoms in total. The summed E-state index contributed by atoms with van der Waals surface area (Å²) in [6.07, 6.45) is 0. The maximum Gasteiger partial charge on any atom is 0.322 e. The van der Waals surface area contributed by atoms with Crippen LogP contribution in [0.15, 0.2) is 18.2 Å². The Morgan fingerprint density at radius 3 is 2.52 bits per heavy atom. The van der Waals surface area contributed by atoms with E-state index >= 15 is 0 Å². The van der Waals surface area contributed by atoms with Crippen LogP contribution < -0.4 is 16.0 Å². The van der Waals surface area contributed by atoms with Crippen molar-refractivity contribution in [1.29, 1.82) is 5.26 Å². The molecule has 0 radical (unpaired) electrons. The van der Waals surface area contributed by atoms with Crippen LogP contribution in [0.4, 0.5) is 14.9 Å². The van der Waals surface area contributed by atoms with Gasteiger partial charge in [-0.25, -0.2) is 9.18 Å². The average Bonchev–Trinajstić information content (AvgIpc) is 2.45. The first-order valence-electron chi connectivity index (χ1n) is 5.65. The standard InChI is InChI=1S/C12H11FN4O4/c13-8-3-7(4-14)1-2-9(8)17-12(21)16-5-10(18)15-6-11(19)20/h1-3H,5-6H2,(H,15,18)(H,19,20)(H2,16,17,21). The third-order valence-electron chi connectivity index (χ3n) is 2.19. The fourth-order valence-corrected chi connectivity index (χ4v) is 1.25. The highest BCUT2D eigenvalue weighted by atomic mass is 19.1. The number of nitrogens with one attached hydrogen (secondary N) is 3. The van der Waals surface area contributed by atoms with Crippen molar-refractivity contribution in [3.8, 4) is 6.07 Å². The van der Waals surface area contributed by atoms with E-state index in [-0.39, 0.29) is 11.3 Å². The summed E-state index contributed by atoms with van der Waals surface area (Å²) < 4.78 is 13.5. The highest BCUT2D eigenvalue weighted by Crippen LogP contribution is 2.14. The third-order valence-corrected chi connectivity index (χ3v) is 2.19. The lowest BCUT2D eigenvalue weighted by molar-refractivity contribution is -0.137. The van der Waals surface area contributed by atoms with E-state index < -0.39 is 36.8 Å². The zero-order valence-corrected chi connectivity index (χ0v) is 10.6. The highest BCUT2D eigenvalue weighted by molar-refractivity contribution is 5.92. The second-order valence-electron chi connectivity index (χ2n) is 3.78. The summed E-state index contributed by atoms with van der Waals surface area (Å²) in [6.45, 7) is -1.02. The van der Waals surface area contributed by atoms with Gasteiger partial charge in [0.2, 0.25) is 5.91 Å². The number of aliphatic carboxylic acids is 1. The van der Waals surface area contributed by atoms with E-state index in [1.54, 1.807) is 6.07 Å². The van der Waals surface area contributed by atoms with Crippen molar-refractivity contribution in [2.24, 2.45) is 0 Å². The lowest BCUT2D eigenvalue weighted by Crippen LogP contribution is -2.40. The molecule has 0 saturated carbocycles. The van der Waals surface area contributed by atoms with Crippen LogP contribution in [0, 0.1) is 17.1 Å². The normalized spacial score (nSPS) is 9.33. The van der Waals surface area contributed by atoms with Crippen molar-refractivity contribution in [3.05, 3.63) is 29.6 Å². The number of carbonyl (C=O) groups excluding carboxylic acids is 2. The molecule has 0 atom stereocenters. The molecule has 1 aromatic carbocycles. The summed E-state index contributed by atoms with van der Waals surface area (Å²) in [7, 11) is 0. The average molecular weight is 294 g/mol. The molecule has 0 aliphatic heterocycles. The molecular weight excluding hydrogens is 283 g/mol. The predicted molar refractivity (Wildman–Crippen MR) is 68.8 cm³/mol. The lowest BCUT2D eigenvalue weighted by atomic mass is 10.2. The van der Waals surface area contributed by atoms with Crippen molar-refractivity contribution < 1.29 is 23.9 Å². The van der Waals surface area contributed by atoms with Crippen LogP contribution in [0.5, 0.6) is 0 Å². The number of hydrogen-bond donors (Lipinski definition) is 4. The summed E-state index contributed by atoms with van der Waals surface area (Å²) in [4.78, 5) is 32.7. The van der Waals surface area contributed by atoms with Gasteiger partial charge in [-0.05, 0) is 18.2 Å². The van der Waals surface area contributed by atoms with E-state index in [4.69, 9.17) is 10.4 Å². The number of rotatable bonds is 5. The molecule has 0 bridgehead atoms. The molecule has 3 amide bonds. The van der Waals surface area contributed by atoms with Gasteiger partial charge in [-0.15, -0.1) is 0 Å². The molecule has 0 heterocycles. The maximum atomic E-state index is 13.5. The second kappa shape index (κ2) is 7.44. The molecule has 0 aliphatic rings. The number of amides is 3. The first kappa shape index (κ1) is 15.9. The summed E-state index contributed by atoms with van der Waals surface area (Å²) in [5, 5.41) is 23.2. The summed E-state index contributed by atoms with van der Waals surface area (Å²) >= 11 is 0. The molecule has 0 unspecified atom stereocenters. The Kier molecular flexibility index (Phi) is 5.64. The largest absolute Gasteiger partial charge is 0.480 e. The number of nitriles is 1. The molecule has 1 aromatic rings. The number of benzene rings is 1. The van der Waals surface area contributed by atoms with Gasteiger partial charge in [0.05, 0.1) is 23.9 Å². The second-order valence-corrected chi connectivity index (χ2v) is 3.78. The molecule has 0 aliphatic carbocycles. The van der Waals surface area contributed by atoms with Crippen LogP contribution in [0.25, 0.3) is 0 Å². The third kappa shape index (κ3) is 5.56. The molecule has 4 N–H and O–H groups in total. The first-order valence-corrected chi connectivity index (χ1v) is 5.65. The molecule has 21 heavy (non-hydrogen) atoms. The first-order chi connectivity index (χ1) is 9.92. The van der Waals surface area contributed by atoms with Crippen molar-refractivity contribution in [3.63, 3.8) is 0 Å². The molecule has 0 fully saturated rings. The van der Waals surface area contributed by atoms with Crippen molar-refractivity contribution in [1.82, 2.24) is 10.6 Å². The van der Waals surface area contributed by atoms with Gasteiger partial charge in [-0.1, -0.05) is 0 Å². The van der Waals surface area contributed by atoms with E-state index in [9.17, 15) is 18.8 Å². The van der Waals surface area contributed by atoms with Gasteiger partial charge >= 0.3 is 12.0 Å². The maximum absolute atomic E-state index is 13.5. The molecule has 110 valence electrons. The SMILES string of the molecule is N#Cc1ccc(NC(=O)NCC(=O)NCC(=O)O)c(F)c1. The van der Waals surface area contributed by atoms with Crippen LogP contribution in [0.3, 0.4) is 0 Å². The van der Waals surface area contributed by atoms with Gasteiger partial charge in [0.15, 0.2) is 0 Å². The topological polar surface area (TPSA) is 131 Å². The van der Waals surface area contributed by atoms with E-state index in [1.807, 2.05) is 5.32 Å². The summed E-state index contributed by atoms with van der Waals surface area (Å²) in [5.74, 6) is -2.71. The number of carboxylic acid groups (broad SMARTS) is 1. The molecular formula is C12H11FN4O4. The number of nitrogens with zero attached hydrogens (tertiary/aromatic N) is 1. The van der Waals surface area contributed by atoms with Crippen LogP contribution in [-0.2, 0) is 9.59 Å². The minimum Gasteiger partial charge on any atom is -0.480 e. The fraction of sp³-hybridized carbons (Fsp3) is 0.167. The van der Waals surface area contributed by atoms with E-state index in [0.29, 0.717) is 0 Å². The van der Waals surface area contributed by atoms with Crippen molar-refractivity contribution in [2.75, 3.05) is 18.4 Å². The zero-order chi connectivity index (χ0) is 15.8. The smallest absolute Gasteiger partial charge is 0.322 e. The predicted octanol–water partition coefficient (Wildman–Crippen LogP) is 0.0197. The number of urea groups is 1. The van der Waals surface area contributed by atoms with Gasteiger partial charge in [0.1, 0.15) is 12.4 Å². The minimum atomic E-state index is -1.22. The Hall–Kier alpha value is -3.15. The number of carbonyl (C=O) groups is 3. The molecule has 1 rings (SSSR count). The Balaban J connectivity index is 2.46. The van der Waals surface area contributed by atoms with Gasteiger partial charge in [-0.3, -0.25) is 9.59 Å². The van der Waals surface area contributed by atoms with Gasteiger partial charge in [0, 0.05) is 0 Å². The number of hydrogen-bond acceptors (Lipinski definition) is 4. The van der Waals surface area contributed by atoms with Crippen molar-refractivity contribution in [2.45, 2.75) is 0 Å². The number of anilines is 1. The molecule has 9 heteroatoms. The Morgan fingerprint density at radius 1 is 1.24 bits per heavy atom. The fourth-order valence-electron chi connectivity index (χ4n) is 1.25. The Labute approximate surface area is 118 Å².